The third-order valence-electron chi connectivity index (χ3n) is 6.11. The Morgan fingerprint density at radius 3 is 2.66 bits per heavy atom. The second-order valence-electron chi connectivity index (χ2n) is 8.42. The summed E-state index contributed by atoms with van der Waals surface area (Å²) in [4.78, 5) is 20.3. The number of hydrogen-bond donors (Lipinski definition) is 2. The number of carboxylic acid groups (broad SMARTS) is 1. The standard InChI is InChI=1S/C26H24N4O5/c27-14-18-12-24-23(33-8-9-34-24)10-16(18)6-7-28-25-13-21(29-15-30-25)17-4-5-20(26(31)32)22(11-17)35-19-2-1-3-19/h4-5,10-13,15,19H,1-3,6-9H2,(H,31,32)(H,28,29,30). The molecule has 35 heavy (non-hydrogen) atoms. The highest BCUT2D eigenvalue weighted by molar-refractivity contribution is 5.92. The van der Waals surface area contributed by atoms with Crippen LogP contribution in [0.15, 0.2) is 42.7 Å². The molecule has 1 aliphatic heterocycles. The fraction of sp³-hybridized carbons (Fsp3) is 0.308. The number of ether oxygens (including phenoxy) is 3. The van der Waals surface area contributed by atoms with Gasteiger partial charge in [0, 0.05) is 24.2 Å². The molecule has 2 aromatic carbocycles. The van der Waals surface area contributed by atoms with E-state index in [9.17, 15) is 15.2 Å². The molecule has 0 atom stereocenters. The average molecular weight is 473 g/mol. The molecule has 1 aliphatic carbocycles. The van der Waals surface area contributed by atoms with Crippen LogP contribution in [-0.2, 0) is 6.42 Å². The molecule has 2 aliphatic rings. The van der Waals surface area contributed by atoms with E-state index in [1.165, 1.54) is 6.33 Å². The van der Waals surface area contributed by atoms with Crippen LogP contribution in [0.25, 0.3) is 11.3 Å². The molecule has 178 valence electrons. The van der Waals surface area contributed by atoms with Crippen LogP contribution in [0.1, 0.15) is 40.7 Å². The highest BCUT2D eigenvalue weighted by Gasteiger charge is 2.23. The van der Waals surface area contributed by atoms with Gasteiger partial charge in [-0.15, -0.1) is 0 Å². The molecule has 2 heterocycles. The Kier molecular flexibility index (Phi) is 6.35. The van der Waals surface area contributed by atoms with Crippen molar-refractivity contribution in [3.63, 3.8) is 0 Å². The number of nitrogens with zero attached hydrogens (tertiary/aromatic N) is 3. The van der Waals surface area contributed by atoms with Gasteiger partial charge in [0.2, 0.25) is 0 Å². The minimum atomic E-state index is -1.02. The first-order valence-electron chi connectivity index (χ1n) is 11.5. The quantitative estimate of drug-likeness (QED) is 0.499. The van der Waals surface area contributed by atoms with Crippen molar-refractivity contribution in [2.45, 2.75) is 31.8 Å². The summed E-state index contributed by atoms with van der Waals surface area (Å²) in [5, 5.41) is 22.3. The third-order valence-corrected chi connectivity index (χ3v) is 6.11. The normalized spacial score (nSPS) is 14.5. The number of nitrogens with one attached hydrogen (secondary N) is 1. The SMILES string of the molecule is N#Cc1cc2c(cc1CCNc1cc(-c3ccc(C(=O)O)c(OC4CCC4)c3)ncn1)OCCO2. The van der Waals surface area contributed by atoms with Crippen molar-refractivity contribution < 1.29 is 24.1 Å². The molecule has 0 spiro atoms. The van der Waals surface area contributed by atoms with Crippen molar-refractivity contribution in [2.75, 3.05) is 25.1 Å². The molecular weight excluding hydrogens is 448 g/mol. The lowest BCUT2D eigenvalue weighted by atomic mass is 9.96. The van der Waals surface area contributed by atoms with Crippen molar-refractivity contribution in [1.29, 1.82) is 5.26 Å². The Morgan fingerprint density at radius 1 is 1.14 bits per heavy atom. The number of carboxylic acids is 1. The number of aromatic nitrogens is 2. The maximum atomic E-state index is 11.6. The molecule has 3 aromatic rings. The summed E-state index contributed by atoms with van der Waals surface area (Å²) < 4.78 is 17.1. The number of rotatable bonds is 8. The number of nitriles is 1. The van der Waals surface area contributed by atoms with Crippen LogP contribution in [-0.4, -0.2) is 46.9 Å². The van der Waals surface area contributed by atoms with Crippen molar-refractivity contribution in [1.82, 2.24) is 9.97 Å². The van der Waals surface area contributed by atoms with Gasteiger partial charge < -0.3 is 24.6 Å². The molecule has 9 heteroatoms. The fourth-order valence-electron chi connectivity index (χ4n) is 4.00. The number of carbonyl (C=O) groups is 1. The molecule has 1 aromatic heterocycles. The number of anilines is 1. The van der Waals surface area contributed by atoms with Gasteiger partial charge >= 0.3 is 5.97 Å². The van der Waals surface area contributed by atoms with Crippen LogP contribution in [0.5, 0.6) is 17.2 Å². The summed E-state index contributed by atoms with van der Waals surface area (Å²) in [6, 6.07) is 12.6. The molecular formula is C26H24N4O5. The molecule has 5 rings (SSSR count). The molecule has 2 N–H and O–H groups in total. The van der Waals surface area contributed by atoms with Gasteiger partial charge in [-0.3, -0.25) is 0 Å². The van der Waals surface area contributed by atoms with Crippen LogP contribution in [0.2, 0.25) is 0 Å². The second-order valence-corrected chi connectivity index (χ2v) is 8.42. The average Bonchev–Trinajstić information content (AvgIpc) is 2.85. The lowest BCUT2D eigenvalue weighted by Gasteiger charge is -2.27. The largest absolute Gasteiger partial charge is 0.490 e. The Morgan fingerprint density at radius 2 is 1.94 bits per heavy atom. The summed E-state index contributed by atoms with van der Waals surface area (Å²) in [6.07, 6.45) is 5.06. The van der Waals surface area contributed by atoms with Crippen LogP contribution in [0.4, 0.5) is 5.82 Å². The second kappa shape index (κ2) is 9.89. The summed E-state index contributed by atoms with van der Waals surface area (Å²) in [7, 11) is 0. The maximum absolute atomic E-state index is 11.6. The van der Waals surface area contributed by atoms with E-state index in [4.69, 9.17) is 14.2 Å². The minimum Gasteiger partial charge on any atom is -0.490 e. The number of benzene rings is 2. The van der Waals surface area contributed by atoms with E-state index >= 15 is 0 Å². The van der Waals surface area contributed by atoms with E-state index in [2.05, 4.69) is 21.4 Å². The van der Waals surface area contributed by atoms with E-state index in [1.54, 1.807) is 30.3 Å². The Bertz CT molecular complexity index is 1300. The molecule has 0 radical (unpaired) electrons. The van der Waals surface area contributed by atoms with Crippen molar-refractivity contribution >= 4 is 11.8 Å². The zero-order valence-corrected chi connectivity index (χ0v) is 19.0. The Balaban J connectivity index is 1.30. The predicted molar refractivity (Wildman–Crippen MR) is 127 cm³/mol. The summed E-state index contributed by atoms with van der Waals surface area (Å²) >= 11 is 0. The predicted octanol–water partition coefficient (Wildman–Crippen LogP) is 4.07. The molecule has 9 nitrogen and oxygen atoms in total. The lowest BCUT2D eigenvalue weighted by molar-refractivity contribution is 0.0680. The van der Waals surface area contributed by atoms with Crippen molar-refractivity contribution in [2.24, 2.45) is 0 Å². The summed E-state index contributed by atoms with van der Waals surface area (Å²) in [6.45, 7) is 1.50. The van der Waals surface area contributed by atoms with Crippen LogP contribution < -0.4 is 19.5 Å². The molecule has 1 saturated carbocycles. The van der Waals surface area contributed by atoms with Gasteiger partial charge in [0.05, 0.1) is 23.4 Å². The van der Waals surface area contributed by atoms with Crippen molar-refractivity contribution in [3.8, 4) is 34.6 Å². The first-order chi connectivity index (χ1) is 17.1. The monoisotopic (exact) mass is 472 g/mol. The summed E-state index contributed by atoms with van der Waals surface area (Å²) in [5.74, 6) is 1.20. The number of hydrogen-bond acceptors (Lipinski definition) is 8. The number of aromatic carboxylic acids is 1. The van der Waals surface area contributed by atoms with E-state index < -0.39 is 5.97 Å². The lowest BCUT2D eigenvalue weighted by Crippen LogP contribution is -2.25. The maximum Gasteiger partial charge on any atom is 0.339 e. The van der Waals surface area contributed by atoms with Crippen LogP contribution >= 0.6 is 0 Å². The fourth-order valence-corrected chi connectivity index (χ4v) is 4.00. The van der Waals surface area contributed by atoms with Gasteiger partial charge in [0.25, 0.3) is 0 Å². The molecule has 0 unspecified atom stereocenters. The van der Waals surface area contributed by atoms with Gasteiger partial charge in [0.1, 0.15) is 36.7 Å². The highest BCUT2D eigenvalue weighted by atomic mass is 16.6. The van der Waals surface area contributed by atoms with E-state index in [0.29, 0.717) is 60.5 Å². The van der Waals surface area contributed by atoms with Gasteiger partial charge in [-0.25, -0.2) is 14.8 Å². The molecule has 1 fully saturated rings. The molecule has 0 saturated heterocycles. The first-order valence-corrected chi connectivity index (χ1v) is 11.5. The van der Waals surface area contributed by atoms with E-state index in [-0.39, 0.29) is 11.7 Å². The van der Waals surface area contributed by atoms with Crippen molar-refractivity contribution in [3.05, 3.63) is 59.4 Å². The topological polar surface area (TPSA) is 127 Å². The van der Waals surface area contributed by atoms with Gasteiger partial charge in [-0.2, -0.15) is 5.26 Å². The Hall–Kier alpha value is -4.32. The molecule has 0 amide bonds. The highest BCUT2D eigenvalue weighted by Crippen LogP contribution is 2.34. The third kappa shape index (κ3) is 4.96. The zero-order valence-electron chi connectivity index (χ0n) is 19.0. The summed E-state index contributed by atoms with van der Waals surface area (Å²) in [5.41, 5.74) is 2.95. The minimum absolute atomic E-state index is 0.0600. The van der Waals surface area contributed by atoms with Gasteiger partial charge in [0.15, 0.2) is 11.5 Å². The van der Waals surface area contributed by atoms with E-state index in [0.717, 1.165) is 30.4 Å². The molecule has 0 bridgehead atoms. The van der Waals surface area contributed by atoms with Crippen LogP contribution in [0, 0.1) is 11.3 Å². The van der Waals surface area contributed by atoms with Gasteiger partial charge in [-0.05, 0) is 49.4 Å². The van der Waals surface area contributed by atoms with Gasteiger partial charge in [-0.1, -0.05) is 6.07 Å². The van der Waals surface area contributed by atoms with E-state index in [1.807, 2.05) is 6.07 Å². The van der Waals surface area contributed by atoms with Crippen LogP contribution in [0.3, 0.4) is 0 Å². The Labute approximate surface area is 202 Å². The number of fused-ring (bicyclic) bond motifs is 1. The smallest absolute Gasteiger partial charge is 0.339 e. The first kappa shape index (κ1) is 22.5. The zero-order chi connectivity index (χ0) is 24.2.